The summed E-state index contributed by atoms with van der Waals surface area (Å²) in [6.07, 6.45) is -16.1. The lowest BCUT2D eigenvalue weighted by molar-refractivity contribution is -0.394. The maximum Gasteiger partial charge on any atom is 0.187 e. The van der Waals surface area contributed by atoms with Crippen LogP contribution in [0.1, 0.15) is 55.6 Å². The number of hydrogen-bond donors (Lipinski definition) is 1. The highest BCUT2D eigenvalue weighted by molar-refractivity contribution is 5.21. The van der Waals surface area contributed by atoms with Crippen molar-refractivity contribution in [3.63, 3.8) is 0 Å². The molecule has 3 aliphatic rings. The van der Waals surface area contributed by atoms with Crippen molar-refractivity contribution in [2.24, 2.45) is 0 Å². The van der Waals surface area contributed by atoms with Gasteiger partial charge in [0.15, 0.2) is 18.9 Å². The Kier molecular flexibility index (Phi) is 28.1. The van der Waals surface area contributed by atoms with E-state index >= 15 is 0 Å². The first-order valence-corrected chi connectivity index (χ1v) is 35.9. The van der Waals surface area contributed by atoms with E-state index < -0.39 is 92.1 Å². The van der Waals surface area contributed by atoms with Crippen molar-refractivity contribution in [2.75, 3.05) is 19.8 Å². The van der Waals surface area contributed by atoms with Gasteiger partial charge >= 0.3 is 0 Å². The monoisotopic (exact) mass is 1400 g/mol. The van der Waals surface area contributed by atoms with Gasteiger partial charge in [0, 0.05) is 0 Å². The van der Waals surface area contributed by atoms with E-state index in [2.05, 4.69) is 0 Å². The third-order valence-electron chi connectivity index (χ3n) is 18.6. The Hall–Kier alpha value is -8.44. The standard InChI is InChI=1S/C88H92O16/c89-86-83(97-58-71-45-25-8-26-46-71)81(95-56-69-41-21-6-22-42-69)78(75(100-86)62-91-52-65-33-13-2-14-34-65)103-88-85(99-60-73-49-29-10-30-50-73)82(96-57-70-43-23-7-24-44-70)79(76(102-88)63-92-53-66-35-15-3-16-36-66)104-87-84(98-59-72-47-27-9-28-48-72)80(94-55-68-39-19-5-20-40-68)77(93-54-67-37-17-4-18-38-67)74(101-87)61-90-51-64-31-11-1-12-32-64/h1-50,74-89H,51-63H2/t74-,75-,76-,77+,78-,79-,80+,81+,82+,83-,84-,85-,86-,87+,88+/m1/s1. The van der Waals surface area contributed by atoms with Gasteiger partial charge in [-0.2, -0.15) is 0 Å². The molecule has 0 bridgehead atoms. The summed E-state index contributed by atoms with van der Waals surface area (Å²) in [5.74, 6) is 0. The fraction of sp³-hybridized carbons (Fsp3) is 0.318. The van der Waals surface area contributed by atoms with Crippen LogP contribution in [0.4, 0.5) is 0 Å². The lowest BCUT2D eigenvalue weighted by Gasteiger charge is -2.51. The van der Waals surface area contributed by atoms with E-state index in [1.807, 2.05) is 303 Å². The van der Waals surface area contributed by atoms with Crippen LogP contribution in [0.2, 0.25) is 0 Å². The molecule has 0 amide bonds. The number of aliphatic hydroxyl groups is 1. The SMILES string of the molecule is O[C@@H]1O[C@H](COCc2ccccc2)[C@@H](O[C@@H]2O[C@H](COCc3ccccc3)[C@@H](O[C@@H]3O[C@H](COCc4ccccc4)[C@H](OCc4ccccc4)[C@H](OCc4ccccc4)[C@H]3OCc3ccccc3)[C@H](OCc3ccccc3)[C@H]2OCc2ccccc2)[C@H](OCc2ccccc2)[C@H]1OCc1ccccc1. The molecule has 13 rings (SSSR count). The number of ether oxygens (including phenoxy) is 15. The summed E-state index contributed by atoms with van der Waals surface area (Å²) < 4.78 is 108. The number of hydrogen-bond acceptors (Lipinski definition) is 16. The van der Waals surface area contributed by atoms with Crippen LogP contribution in [0.5, 0.6) is 0 Å². The molecular formula is C88H92O16. The topological polar surface area (TPSA) is 159 Å². The van der Waals surface area contributed by atoms with E-state index in [4.69, 9.17) is 71.1 Å². The Bertz CT molecular complexity index is 3960. The van der Waals surface area contributed by atoms with Gasteiger partial charge in [-0.05, 0) is 55.6 Å². The van der Waals surface area contributed by atoms with Crippen molar-refractivity contribution in [2.45, 2.75) is 158 Å². The van der Waals surface area contributed by atoms with E-state index in [9.17, 15) is 5.11 Å². The third kappa shape index (κ3) is 21.6. The minimum absolute atomic E-state index is 0.0397. The van der Waals surface area contributed by atoms with E-state index in [1.54, 1.807) is 0 Å². The van der Waals surface area contributed by atoms with Gasteiger partial charge < -0.3 is 76.2 Å². The lowest BCUT2D eigenvalue weighted by atomic mass is 9.95. The zero-order chi connectivity index (χ0) is 70.6. The molecule has 10 aromatic carbocycles. The Labute approximate surface area is 610 Å². The summed E-state index contributed by atoms with van der Waals surface area (Å²) in [6, 6.07) is 99.4. The Balaban J connectivity index is 0.929. The minimum atomic E-state index is -1.50. The fourth-order valence-electron chi connectivity index (χ4n) is 13.2. The van der Waals surface area contributed by atoms with Gasteiger partial charge in [0.05, 0.1) is 85.9 Å². The van der Waals surface area contributed by atoms with Gasteiger partial charge in [-0.15, -0.1) is 0 Å². The highest BCUT2D eigenvalue weighted by Gasteiger charge is 2.57. The predicted molar refractivity (Wildman–Crippen MR) is 391 cm³/mol. The molecule has 104 heavy (non-hydrogen) atoms. The zero-order valence-electron chi connectivity index (χ0n) is 58.3. The molecule has 3 aliphatic heterocycles. The molecular weight excluding hydrogens is 1310 g/mol. The molecule has 1 N–H and O–H groups in total. The van der Waals surface area contributed by atoms with E-state index in [-0.39, 0.29) is 79.3 Å². The Morgan fingerprint density at radius 1 is 0.202 bits per heavy atom. The maximum atomic E-state index is 12.4. The summed E-state index contributed by atoms with van der Waals surface area (Å²) >= 11 is 0. The zero-order valence-corrected chi connectivity index (χ0v) is 58.3. The second kappa shape index (κ2) is 39.6. The van der Waals surface area contributed by atoms with E-state index in [0.717, 1.165) is 55.6 Å². The smallest absolute Gasteiger partial charge is 0.187 e. The molecule has 0 aliphatic carbocycles. The van der Waals surface area contributed by atoms with Crippen molar-refractivity contribution in [3.05, 3.63) is 359 Å². The van der Waals surface area contributed by atoms with Crippen molar-refractivity contribution < 1.29 is 76.2 Å². The summed E-state index contributed by atoms with van der Waals surface area (Å²) in [5, 5.41) is 12.4. The first-order valence-electron chi connectivity index (χ1n) is 35.9. The van der Waals surface area contributed by atoms with Gasteiger partial charge in [0.1, 0.15) is 73.2 Å². The van der Waals surface area contributed by atoms with Crippen LogP contribution in [-0.2, 0) is 137 Å². The maximum absolute atomic E-state index is 12.4. The molecule has 0 aromatic heterocycles. The summed E-state index contributed by atoms with van der Waals surface area (Å²) in [6.45, 7) is 1.71. The van der Waals surface area contributed by atoms with Crippen LogP contribution < -0.4 is 0 Å². The summed E-state index contributed by atoms with van der Waals surface area (Å²) in [7, 11) is 0. The second-order valence-corrected chi connectivity index (χ2v) is 26.2. The Morgan fingerprint density at radius 3 is 0.663 bits per heavy atom. The van der Waals surface area contributed by atoms with Crippen molar-refractivity contribution in [3.8, 4) is 0 Å². The fourth-order valence-corrected chi connectivity index (χ4v) is 13.2. The average Bonchev–Trinajstić information content (AvgIpc) is 0.764. The van der Waals surface area contributed by atoms with Gasteiger partial charge in [0.2, 0.25) is 0 Å². The normalized spacial score (nSPS) is 24.8. The van der Waals surface area contributed by atoms with Crippen LogP contribution in [-0.4, -0.2) is 117 Å². The molecule has 0 saturated carbocycles. The van der Waals surface area contributed by atoms with Crippen LogP contribution >= 0.6 is 0 Å². The molecule has 0 unspecified atom stereocenters. The quantitative estimate of drug-likeness (QED) is 0.0392. The second-order valence-electron chi connectivity index (χ2n) is 26.2. The highest BCUT2D eigenvalue weighted by Crippen LogP contribution is 2.40. The first kappa shape index (κ1) is 73.9. The molecule has 16 nitrogen and oxygen atoms in total. The minimum Gasteiger partial charge on any atom is -0.374 e. The molecule has 0 radical (unpaired) electrons. The van der Waals surface area contributed by atoms with Crippen LogP contribution in [0, 0.1) is 0 Å². The highest BCUT2D eigenvalue weighted by atomic mass is 16.8. The summed E-state index contributed by atoms with van der Waals surface area (Å²) in [4.78, 5) is 0. The van der Waals surface area contributed by atoms with Crippen LogP contribution in [0.3, 0.4) is 0 Å². The van der Waals surface area contributed by atoms with Gasteiger partial charge in [0.25, 0.3) is 0 Å². The van der Waals surface area contributed by atoms with Crippen molar-refractivity contribution in [1.82, 2.24) is 0 Å². The molecule has 0 spiro atoms. The van der Waals surface area contributed by atoms with Crippen LogP contribution in [0.15, 0.2) is 303 Å². The summed E-state index contributed by atoms with van der Waals surface area (Å²) in [5.41, 5.74) is 9.20. The van der Waals surface area contributed by atoms with Crippen molar-refractivity contribution >= 4 is 0 Å². The number of benzene rings is 10. The largest absolute Gasteiger partial charge is 0.374 e. The lowest BCUT2D eigenvalue weighted by Crippen LogP contribution is -2.68. The predicted octanol–water partition coefficient (Wildman–Crippen LogP) is 14.7. The van der Waals surface area contributed by atoms with Crippen LogP contribution in [0.25, 0.3) is 0 Å². The van der Waals surface area contributed by atoms with Crippen molar-refractivity contribution in [1.29, 1.82) is 0 Å². The van der Waals surface area contributed by atoms with Gasteiger partial charge in [-0.3, -0.25) is 0 Å². The molecule has 540 valence electrons. The Morgan fingerprint density at radius 2 is 0.394 bits per heavy atom. The molecule has 3 heterocycles. The molecule has 15 atom stereocenters. The molecule has 16 heteroatoms. The van der Waals surface area contributed by atoms with Gasteiger partial charge in [-0.1, -0.05) is 303 Å². The van der Waals surface area contributed by atoms with Gasteiger partial charge in [-0.25, -0.2) is 0 Å². The first-order chi connectivity index (χ1) is 51.5. The third-order valence-corrected chi connectivity index (χ3v) is 18.6. The van der Waals surface area contributed by atoms with E-state index in [0.29, 0.717) is 6.61 Å². The number of rotatable bonds is 37. The molecule has 10 aromatic rings. The average molecular weight is 1410 g/mol. The number of aliphatic hydroxyl groups excluding tert-OH is 1. The van der Waals surface area contributed by atoms with E-state index in [1.165, 1.54) is 0 Å². The molecule has 3 fully saturated rings. The molecule has 3 saturated heterocycles.